The van der Waals surface area contributed by atoms with E-state index in [9.17, 15) is 14.4 Å². The first-order valence-corrected chi connectivity index (χ1v) is 10.4. The van der Waals surface area contributed by atoms with Crippen LogP contribution in [0.5, 0.6) is 0 Å². The Bertz CT molecular complexity index is 1200. The quantitative estimate of drug-likeness (QED) is 0.626. The Kier molecular flexibility index (Phi) is 5.93. The second-order valence-electron chi connectivity index (χ2n) is 7.46. The van der Waals surface area contributed by atoms with Crippen molar-refractivity contribution in [2.45, 2.75) is 26.3 Å². The van der Waals surface area contributed by atoms with Crippen molar-refractivity contribution >= 4 is 34.5 Å². The second-order valence-corrected chi connectivity index (χ2v) is 7.46. The molecule has 0 bridgehead atoms. The first-order valence-electron chi connectivity index (χ1n) is 10.4. The van der Waals surface area contributed by atoms with Gasteiger partial charge in [-0.15, -0.1) is 0 Å². The Balaban J connectivity index is 1.45. The molecule has 0 aliphatic carbocycles. The maximum Gasteiger partial charge on any atom is 0.258 e. The number of benzene rings is 2. The molecule has 7 heteroatoms. The van der Waals surface area contributed by atoms with E-state index in [4.69, 9.17) is 0 Å². The predicted molar refractivity (Wildman–Crippen MR) is 121 cm³/mol. The lowest BCUT2D eigenvalue weighted by molar-refractivity contribution is -0.126. The summed E-state index contributed by atoms with van der Waals surface area (Å²) in [5.74, 6) is 0.432. The van der Waals surface area contributed by atoms with Crippen molar-refractivity contribution in [3.8, 4) is 0 Å². The van der Waals surface area contributed by atoms with Gasteiger partial charge in [-0.1, -0.05) is 24.3 Å². The number of nitrogens with one attached hydrogen (secondary N) is 1. The smallest absolute Gasteiger partial charge is 0.258 e. The van der Waals surface area contributed by atoms with Crippen LogP contribution in [0.2, 0.25) is 0 Å². The summed E-state index contributed by atoms with van der Waals surface area (Å²) in [4.78, 5) is 47.4. The SMILES string of the molecule is CCN(Cc1nc2ccccc2c(=O)[nH]1)C(=O)/C=C\c1ccc(N2CCCC2=O)cc1. The fourth-order valence-corrected chi connectivity index (χ4v) is 3.70. The van der Waals surface area contributed by atoms with Gasteiger partial charge in [-0.05, 0) is 49.2 Å². The van der Waals surface area contributed by atoms with Gasteiger partial charge in [0.05, 0.1) is 17.4 Å². The minimum absolute atomic E-state index is 0.150. The molecule has 0 spiro atoms. The van der Waals surface area contributed by atoms with Crippen molar-refractivity contribution in [2.75, 3.05) is 18.0 Å². The van der Waals surface area contributed by atoms with E-state index in [1.165, 1.54) is 6.08 Å². The molecule has 1 saturated heterocycles. The number of anilines is 1. The molecule has 0 unspecified atom stereocenters. The van der Waals surface area contributed by atoms with Crippen molar-refractivity contribution in [1.29, 1.82) is 0 Å². The number of rotatable bonds is 6. The summed E-state index contributed by atoms with van der Waals surface area (Å²) in [7, 11) is 0. The fraction of sp³-hybridized carbons (Fsp3) is 0.250. The van der Waals surface area contributed by atoms with E-state index in [0.29, 0.717) is 29.7 Å². The number of para-hydroxylation sites is 1. The zero-order chi connectivity index (χ0) is 21.8. The maximum absolute atomic E-state index is 12.7. The van der Waals surface area contributed by atoms with Crippen LogP contribution in [0.4, 0.5) is 5.69 Å². The number of carbonyl (C=O) groups is 2. The molecular weight excluding hydrogens is 392 g/mol. The molecule has 0 radical (unpaired) electrons. The van der Waals surface area contributed by atoms with Crippen LogP contribution in [0, 0.1) is 0 Å². The average molecular weight is 416 g/mol. The van der Waals surface area contributed by atoms with Crippen LogP contribution < -0.4 is 10.5 Å². The minimum atomic E-state index is -0.212. The molecule has 0 saturated carbocycles. The topological polar surface area (TPSA) is 86.4 Å². The van der Waals surface area contributed by atoms with Gasteiger partial charge in [-0.25, -0.2) is 4.98 Å². The van der Waals surface area contributed by atoms with Gasteiger partial charge in [0, 0.05) is 31.3 Å². The number of hydrogen-bond acceptors (Lipinski definition) is 4. The van der Waals surface area contributed by atoms with Crippen molar-refractivity contribution in [1.82, 2.24) is 14.9 Å². The maximum atomic E-state index is 12.7. The van der Waals surface area contributed by atoms with Crippen LogP contribution in [0.25, 0.3) is 17.0 Å². The van der Waals surface area contributed by atoms with E-state index in [0.717, 1.165) is 24.2 Å². The highest BCUT2D eigenvalue weighted by molar-refractivity contribution is 5.95. The monoisotopic (exact) mass is 416 g/mol. The van der Waals surface area contributed by atoms with Gasteiger partial charge >= 0.3 is 0 Å². The molecule has 7 nitrogen and oxygen atoms in total. The molecule has 4 rings (SSSR count). The minimum Gasteiger partial charge on any atom is -0.332 e. The molecule has 1 N–H and O–H groups in total. The van der Waals surface area contributed by atoms with Crippen LogP contribution >= 0.6 is 0 Å². The summed E-state index contributed by atoms with van der Waals surface area (Å²) in [6.45, 7) is 3.33. The highest BCUT2D eigenvalue weighted by Gasteiger charge is 2.21. The molecule has 2 heterocycles. The molecule has 1 fully saturated rings. The van der Waals surface area contributed by atoms with Crippen LogP contribution in [0.3, 0.4) is 0 Å². The van der Waals surface area contributed by atoms with Gasteiger partial charge in [-0.3, -0.25) is 14.4 Å². The molecular formula is C24H24N4O3. The molecule has 2 aromatic carbocycles. The number of likely N-dealkylation sites (N-methyl/N-ethyl adjacent to an activating group) is 1. The largest absolute Gasteiger partial charge is 0.332 e. The molecule has 31 heavy (non-hydrogen) atoms. The lowest BCUT2D eigenvalue weighted by Crippen LogP contribution is -2.30. The number of aromatic nitrogens is 2. The van der Waals surface area contributed by atoms with Gasteiger partial charge < -0.3 is 14.8 Å². The van der Waals surface area contributed by atoms with E-state index in [1.807, 2.05) is 37.3 Å². The summed E-state index contributed by atoms with van der Waals surface area (Å²) >= 11 is 0. The molecule has 0 atom stereocenters. The Hall–Kier alpha value is -3.74. The Morgan fingerprint density at radius 2 is 1.94 bits per heavy atom. The average Bonchev–Trinajstić information content (AvgIpc) is 3.22. The lowest BCUT2D eigenvalue weighted by atomic mass is 10.2. The van der Waals surface area contributed by atoms with E-state index >= 15 is 0 Å². The number of fused-ring (bicyclic) bond motifs is 1. The predicted octanol–water partition coefficient (Wildman–Crippen LogP) is 3.11. The van der Waals surface area contributed by atoms with Crippen molar-refractivity contribution in [2.24, 2.45) is 0 Å². The van der Waals surface area contributed by atoms with E-state index in [2.05, 4.69) is 9.97 Å². The number of amides is 2. The zero-order valence-electron chi connectivity index (χ0n) is 17.4. The highest BCUT2D eigenvalue weighted by atomic mass is 16.2. The Morgan fingerprint density at radius 3 is 2.65 bits per heavy atom. The third-order valence-electron chi connectivity index (χ3n) is 5.39. The fourth-order valence-electron chi connectivity index (χ4n) is 3.70. The first-order chi connectivity index (χ1) is 15.0. The Labute approximate surface area is 180 Å². The summed E-state index contributed by atoms with van der Waals surface area (Å²) < 4.78 is 0. The van der Waals surface area contributed by atoms with Crippen LogP contribution in [0.1, 0.15) is 31.2 Å². The number of H-pyrrole nitrogens is 1. The van der Waals surface area contributed by atoms with Crippen molar-refractivity contribution in [3.63, 3.8) is 0 Å². The summed E-state index contributed by atoms with van der Waals surface area (Å²) in [6, 6.07) is 14.7. The first kappa shape index (κ1) is 20.5. The van der Waals surface area contributed by atoms with Crippen LogP contribution in [0.15, 0.2) is 59.4 Å². The van der Waals surface area contributed by atoms with Gasteiger partial charge in [0.25, 0.3) is 5.56 Å². The molecule has 2 amide bonds. The van der Waals surface area contributed by atoms with Crippen molar-refractivity contribution < 1.29 is 9.59 Å². The molecule has 1 aliphatic heterocycles. The highest BCUT2D eigenvalue weighted by Crippen LogP contribution is 2.22. The van der Waals surface area contributed by atoms with Gasteiger partial charge in [0.15, 0.2) is 0 Å². The second kappa shape index (κ2) is 8.95. The normalized spacial score (nSPS) is 14.0. The number of aromatic amines is 1. The van der Waals surface area contributed by atoms with E-state index in [1.54, 1.807) is 34.1 Å². The number of hydrogen-bond donors (Lipinski definition) is 1. The number of carbonyl (C=O) groups excluding carboxylic acids is 2. The Morgan fingerprint density at radius 1 is 1.16 bits per heavy atom. The van der Waals surface area contributed by atoms with E-state index < -0.39 is 0 Å². The van der Waals surface area contributed by atoms with E-state index in [-0.39, 0.29) is 23.9 Å². The molecule has 1 aliphatic rings. The molecule has 158 valence electrons. The zero-order valence-corrected chi connectivity index (χ0v) is 17.4. The standard InChI is InChI=1S/C24H24N4O3/c1-2-27(16-21-25-20-7-4-3-6-19(20)24(31)26-21)22(29)14-11-17-9-12-18(13-10-17)28-15-5-8-23(28)30/h3-4,6-7,9-14H,2,5,8,15-16H2,1H3,(H,25,26,31)/b14-11-. The third-order valence-corrected chi connectivity index (χ3v) is 5.39. The van der Waals surface area contributed by atoms with Gasteiger partial charge in [0.1, 0.15) is 5.82 Å². The van der Waals surface area contributed by atoms with Gasteiger partial charge in [-0.2, -0.15) is 0 Å². The summed E-state index contributed by atoms with van der Waals surface area (Å²) in [5, 5.41) is 0.527. The third kappa shape index (κ3) is 4.55. The van der Waals surface area contributed by atoms with Crippen molar-refractivity contribution in [3.05, 3.63) is 76.3 Å². The van der Waals surface area contributed by atoms with Gasteiger partial charge in [0.2, 0.25) is 11.8 Å². The lowest BCUT2D eigenvalue weighted by Gasteiger charge is -2.18. The molecule has 1 aromatic heterocycles. The van der Waals surface area contributed by atoms with Crippen LogP contribution in [-0.4, -0.2) is 39.8 Å². The summed E-state index contributed by atoms with van der Waals surface area (Å²) in [6.07, 6.45) is 4.75. The van der Waals surface area contributed by atoms with Crippen LogP contribution in [-0.2, 0) is 16.1 Å². The summed E-state index contributed by atoms with van der Waals surface area (Å²) in [5.41, 5.74) is 2.15. The molecule has 3 aromatic rings. The number of nitrogens with zero attached hydrogens (tertiary/aromatic N) is 3.